The average Bonchev–Trinajstić information content (AvgIpc) is 3.31. The molecule has 26 heavy (non-hydrogen) atoms. The molecule has 0 radical (unpaired) electrons. The Morgan fingerprint density at radius 3 is 2.81 bits per heavy atom. The summed E-state index contributed by atoms with van der Waals surface area (Å²) in [7, 11) is 0. The fourth-order valence-electron chi connectivity index (χ4n) is 3.12. The molecule has 3 N–H and O–H groups in total. The molecule has 0 unspecified atom stereocenters. The summed E-state index contributed by atoms with van der Waals surface area (Å²) in [6.07, 6.45) is 0. The number of hydrogen-bond donors (Lipinski definition) is 2. The normalized spacial score (nSPS) is 15.9. The van der Waals surface area contributed by atoms with Gasteiger partial charge in [-0.15, -0.1) is 5.10 Å². The summed E-state index contributed by atoms with van der Waals surface area (Å²) in [5.74, 6) is 0.995. The van der Waals surface area contributed by atoms with Crippen molar-refractivity contribution in [2.24, 2.45) is 5.73 Å². The monoisotopic (exact) mass is 364 g/mol. The second-order valence-corrected chi connectivity index (χ2v) is 6.54. The Morgan fingerprint density at radius 1 is 1.35 bits per heavy atom. The van der Waals surface area contributed by atoms with Crippen molar-refractivity contribution in [3.8, 4) is 29.0 Å². The zero-order valence-electron chi connectivity index (χ0n) is 14.0. The number of nitrogens with two attached hydrogens (primary N) is 1. The third-order valence-electron chi connectivity index (χ3n) is 4.27. The third kappa shape index (κ3) is 2.61. The number of fused-ring (bicyclic) bond motifs is 1. The molecule has 1 atom stereocenters. The van der Waals surface area contributed by atoms with Crippen LogP contribution in [-0.4, -0.2) is 16.8 Å². The minimum absolute atomic E-state index is 0.0981. The van der Waals surface area contributed by atoms with Crippen LogP contribution in [0, 0.1) is 11.3 Å². The molecule has 0 spiro atoms. The minimum atomic E-state index is -0.310. The van der Waals surface area contributed by atoms with E-state index in [2.05, 4.69) is 16.3 Å². The van der Waals surface area contributed by atoms with Crippen molar-refractivity contribution in [1.82, 2.24) is 10.2 Å². The van der Waals surface area contributed by atoms with Gasteiger partial charge < -0.3 is 15.2 Å². The maximum absolute atomic E-state index is 9.64. The van der Waals surface area contributed by atoms with Crippen LogP contribution >= 0.6 is 11.3 Å². The number of aromatic nitrogens is 2. The van der Waals surface area contributed by atoms with Gasteiger partial charge in [-0.3, -0.25) is 5.10 Å². The van der Waals surface area contributed by atoms with Crippen molar-refractivity contribution in [2.45, 2.75) is 12.8 Å². The van der Waals surface area contributed by atoms with Gasteiger partial charge in [-0.25, -0.2) is 0 Å². The highest BCUT2D eigenvalue weighted by atomic mass is 32.1. The molecule has 1 aromatic carbocycles. The lowest BCUT2D eigenvalue weighted by atomic mass is 9.84. The molecule has 7 heteroatoms. The van der Waals surface area contributed by atoms with Gasteiger partial charge in [0.25, 0.3) is 0 Å². The summed E-state index contributed by atoms with van der Waals surface area (Å²) < 4.78 is 11.1. The fourth-order valence-corrected chi connectivity index (χ4v) is 3.81. The summed E-state index contributed by atoms with van der Waals surface area (Å²) in [5.41, 5.74) is 9.91. The second kappa shape index (κ2) is 6.58. The predicted molar refractivity (Wildman–Crippen MR) is 98.8 cm³/mol. The van der Waals surface area contributed by atoms with Gasteiger partial charge in [-0.2, -0.15) is 16.6 Å². The summed E-state index contributed by atoms with van der Waals surface area (Å²) in [4.78, 5) is 0. The van der Waals surface area contributed by atoms with Crippen LogP contribution in [0.4, 0.5) is 0 Å². The molecule has 0 bridgehead atoms. The highest BCUT2D eigenvalue weighted by Crippen LogP contribution is 2.46. The quantitative estimate of drug-likeness (QED) is 0.735. The van der Waals surface area contributed by atoms with Gasteiger partial charge in [0.15, 0.2) is 0 Å². The van der Waals surface area contributed by atoms with E-state index in [-0.39, 0.29) is 11.8 Å². The topological polar surface area (TPSA) is 97.0 Å². The molecule has 0 amide bonds. The van der Waals surface area contributed by atoms with Gasteiger partial charge in [-0.05, 0) is 53.6 Å². The average molecular weight is 364 g/mol. The molecular formula is C19H16N4O2S. The molecule has 130 valence electrons. The van der Waals surface area contributed by atoms with Crippen molar-refractivity contribution in [3.05, 3.63) is 63.7 Å². The van der Waals surface area contributed by atoms with E-state index in [1.165, 1.54) is 0 Å². The summed E-state index contributed by atoms with van der Waals surface area (Å²) in [6, 6.07) is 11.9. The highest BCUT2D eigenvalue weighted by molar-refractivity contribution is 7.08. The number of hydrogen-bond acceptors (Lipinski definition) is 6. The number of thiophene rings is 1. The first kappa shape index (κ1) is 16.2. The molecule has 0 saturated carbocycles. The zero-order chi connectivity index (χ0) is 18.1. The van der Waals surface area contributed by atoms with Crippen molar-refractivity contribution in [2.75, 3.05) is 6.61 Å². The molecule has 2 aromatic heterocycles. The van der Waals surface area contributed by atoms with E-state index in [4.69, 9.17) is 15.2 Å². The van der Waals surface area contributed by atoms with Gasteiger partial charge in [0, 0.05) is 5.56 Å². The van der Waals surface area contributed by atoms with Crippen LogP contribution in [-0.2, 0) is 0 Å². The Hall–Kier alpha value is -3.24. The van der Waals surface area contributed by atoms with Gasteiger partial charge in [0.1, 0.15) is 17.4 Å². The highest BCUT2D eigenvalue weighted by Gasteiger charge is 2.35. The summed E-state index contributed by atoms with van der Waals surface area (Å²) in [5, 5.41) is 20.9. The molecule has 0 aliphatic carbocycles. The molecule has 1 aliphatic heterocycles. The maximum atomic E-state index is 9.64. The standard InChI is InChI=1S/C19H16N4O2S/c1-2-24-13-5-3-11(4-6-13)17-16-15(12-7-8-26-10-12)14(9-20)18(21)25-19(16)23-22-17/h3-8,10,15H,2,21H2,1H3,(H,22,23)/t15-/m1/s1. The molecule has 4 rings (SSSR count). The van der Waals surface area contributed by atoms with E-state index in [0.29, 0.717) is 18.1 Å². The van der Waals surface area contributed by atoms with Crippen LogP contribution in [0.3, 0.4) is 0 Å². The molecule has 0 saturated heterocycles. The first-order chi connectivity index (χ1) is 12.7. The van der Waals surface area contributed by atoms with E-state index < -0.39 is 0 Å². The predicted octanol–water partition coefficient (Wildman–Crippen LogP) is 3.76. The van der Waals surface area contributed by atoms with E-state index in [1.54, 1.807) is 11.3 Å². The van der Waals surface area contributed by atoms with Crippen molar-refractivity contribution >= 4 is 11.3 Å². The Labute approximate surface area is 154 Å². The Morgan fingerprint density at radius 2 is 2.15 bits per heavy atom. The van der Waals surface area contributed by atoms with Gasteiger partial charge in [0.2, 0.25) is 11.8 Å². The summed E-state index contributed by atoms with van der Waals surface area (Å²) in [6.45, 7) is 2.56. The lowest BCUT2D eigenvalue weighted by molar-refractivity contribution is 0.340. The Balaban J connectivity index is 1.84. The number of aromatic amines is 1. The smallest absolute Gasteiger partial charge is 0.244 e. The lowest BCUT2D eigenvalue weighted by Gasteiger charge is -2.23. The number of ether oxygens (including phenoxy) is 2. The second-order valence-electron chi connectivity index (χ2n) is 5.76. The van der Waals surface area contributed by atoms with E-state index in [9.17, 15) is 5.26 Å². The Kier molecular flexibility index (Phi) is 4.11. The number of H-pyrrole nitrogens is 1. The Bertz CT molecular complexity index is 997. The largest absolute Gasteiger partial charge is 0.494 e. The van der Waals surface area contributed by atoms with Crippen LogP contribution in [0.2, 0.25) is 0 Å². The van der Waals surface area contributed by atoms with Crippen molar-refractivity contribution < 1.29 is 9.47 Å². The van der Waals surface area contributed by atoms with Crippen molar-refractivity contribution in [1.29, 1.82) is 5.26 Å². The maximum Gasteiger partial charge on any atom is 0.244 e. The number of allylic oxidation sites excluding steroid dienone is 1. The fraction of sp³-hybridized carbons (Fsp3) is 0.158. The minimum Gasteiger partial charge on any atom is -0.494 e. The SMILES string of the molecule is CCOc1ccc(-c2[nH]nc3c2[C@H](c2ccsc2)C(C#N)=C(N)O3)cc1. The molecule has 1 aliphatic rings. The molecule has 0 fully saturated rings. The van der Waals surface area contributed by atoms with E-state index in [0.717, 1.165) is 28.1 Å². The zero-order valence-corrected chi connectivity index (χ0v) is 14.8. The molecule has 3 aromatic rings. The van der Waals surface area contributed by atoms with Crippen LogP contribution in [0.15, 0.2) is 52.5 Å². The lowest BCUT2D eigenvalue weighted by Crippen LogP contribution is -2.20. The number of rotatable bonds is 4. The third-order valence-corrected chi connectivity index (χ3v) is 4.97. The van der Waals surface area contributed by atoms with E-state index in [1.807, 2.05) is 48.0 Å². The van der Waals surface area contributed by atoms with E-state index >= 15 is 0 Å². The number of nitrogens with zero attached hydrogens (tertiary/aromatic N) is 2. The van der Waals surface area contributed by atoms with Crippen molar-refractivity contribution in [3.63, 3.8) is 0 Å². The molecule has 6 nitrogen and oxygen atoms in total. The van der Waals surface area contributed by atoms with Crippen LogP contribution in [0.5, 0.6) is 11.6 Å². The van der Waals surface area contributed by atoms with Crippen LogP contribution < -0.4 is 15.2 Å². The number of nitriles is 1. The van der Waals surface area contributed by atoms with Gasteiger partial charge in [-0.1, -0.05) is 0 Å². The number of benzene rings is 1. The molecule has 3 heterocycles. The molecular weight excluding hydrogens is 348 g/mol. The number of nitrogens with one attached hydrogen (secondary N) is 1. The first-order valence-electron chi connectivity index (χ1n) is 8.14. The van der Waals surface area contributed by atoms with Crippen LogP contribution in [0.1, 0.15) is 24.0 Å². The van der Waals surface area contributed by atoms with Crippen LogP contribution in [0.25, 0.3) is 11.3 Å². The van der Waals surface area contributed by atoms with Gasteiger partial charge >= 0.3 is 0 Å². The summed E-state index contributed by atoms with van der Waals surface area (Å²) >= 11 is 1.57. The van der Waals surface area contributed by atoms with Gasteiger partial charge in [0.05, 0.1) is 23.8 Å². The first-order valence-corrected chi connectivity index (χ1v) is 9.08.